The lowest BCUT2D eigenvalue weighted by molar-refractivity contribution is 1.29. The summed E-state index contributed by atoms with van der Waals surface area (Å²) in [5, 5.41) is 0. The van der Waals surface area contributed by atoms with Gasteiger partial charge in [-0.25, -0.2) is 0 Å². The number of aryl methyl sites for hydroxylation is 4. The van der Waals surface area contributed by atoms with Gasteiger partial charge in [-0.1, -0.05) is 36.4 Å². The van der Waals surface area contributed by atoms with Gasteiger partial charge in [-0.05, 0) is 67.1 Å². The van der Waals surface area contributed by atoms with E-state index in [4.69, 9.17) is 0 Å². The van der Waals surface area contributed by atoms with E-state index in [2.05, 4.69) is 75.1 Å². The van der Waals surface area contributed by atoms with Gasteiger partial charge in [0.2, 0.25) is 0 Å². The van der Waals surface area contributed by atoms with Crippen LogP contribution in [-0.4, -0.2) is 4.98 Å². The van der Waals surface area contributed by atoms with Gasteiger partial charge in [0.15, 0.2) is 0 Å². The second-order valence-corrected chi connectivity index (χ2v) is 6.00. The fourth-order valence-electron chi connectivity index (χ4n) is 3.25. The van der Waals surface area contributed by atoms with Crippen LogP contribution in [0.2, 0.25) is 0 Å². The molecule has 22 heavy (non-hydrogen) atoms. The van der Waals surface area contributed by atoms with Crippen molar-refractivity contribution in [3.63, 3.8) is 0 Å². The maximum atomic E-state index is 4.50. The van der Waals surface area contributed by atoms with Crippen molar-refractivity contribution in [2.45, 2.75) is 27.7 Å². The van der Waals surface area contributed by atoms with Crippen molar-refractivity contribution in [1.82, 2.24) is 4.98 Å². The van der Waals surface area contributed by atoms with E-state index >= 15 is 0 Å². The van der Waals surface area contributed by atoms with Crippen molar-refractivity contribution in [1.29, 1.82) is 0 Å². The highest BCUT2D eigenvalue weighted by molar-refractivity contribution is 5.77. The highest BCUT2D eigenvalue weighted by Gasteiger charge is 2.10. The van der Waals surface area contributed by atoms with Crippen molar-refractivity contribution < 1.29 is 0 Å². The molecule has 0 fully saturated rings. The molecule has 0 amide bonds. The number of rotatable bonds is 2. The van der Waals surface area contributed by atoms with Crippen LogP contribution in [0.1, 0.15) is 22.3 Å². The maximum absolute atomic E-state index is 4.50. The Morgan fingerprint density at radius 2 is 0.955 bits per heavy atom. The summed E-state index contributed by atoms with van der Waals surface area (Å²) in [5.41, 5.74) is 10.1. The zero-order chi connectivity index (χ0) is 15.7. The van der Waals surface area contributed by atoms with Crippen LogP contribution in [0.3, 0.4) is 0 Å². The molecule has 0 atom stereocenters. The van der Waals surface area contributed by atoms with Gasteiger partial charge in [0.25, 0.3) is 0 Å². The molecule has 3 aromatic rings. The van der Waals surface area contributed by atoms with E-state index in [0.717, 1.165) is 0 Å². The van der Waals surface area contributed by atoms with Gasteiger partial charge in [0.1, 0.15) is 0 Å². The Morgan fingerprint density at radius 3 is 1.32 bits per heavy atom. The Kier molecular flexibility index (Phi) is 3.81. The molecule has 0 bridgehead atoms. The number of benzene rings is 2. The molecule has 0 radical (unpaired) electrons. The summed E-state index contributed by atoms with van der Waals surface area (Å²) in [5.74, 6) is 0. The minimum atomic E-state index is 1.19. The summed E-state index contributed by atoms with van der Waals surface area (Å²) in [6.07, 6.45) is 3.93. The molecule has 1 heterocycles. The van der Waals surface area contributed by atoms with Crippen molar-refractivity contribution in [3.8, 4) is 22.3 Å². The van der Waals surface area contributed by atoms with E-state index in [0.29, 0.717) is 0 Å². The van der Waals surface area contributed by atoms with Crippen molar-refractivity contribution in [3.05, 3.63) is 77.1 Å². The van der Waals surface area contributed by atoms with Crippen LogP contribution in [0.25, 0.3) is 22.3 Å². The molecule has 1 heteroatoms. The van der Waals surface area contributed by atoms with Crippen LogP contribution < -0.4 is 0 Å². The topological polar surface area (TPSA) is 12.9 Å². The van der Waals surface area contributed by atoms with Gasteiger partial charge < -0.3 is 0 Å². The maximum Gasteiger partial charge on any atom is 0.0347 e. The fraction of sp³-hybridized carbons (Fsp3) is 0.190. The van der Waals surface area contributed by atoms with E-state index in [1.54, 1.807) is 0 Å². The minimum Gasteiger partial charge on any atom is -0.263 e. The van der Waals surface area contributed by atoms with Gasteiger partial charge in [0.05, 0.1) is 0 Å². The van der Waals surface area contributed by atoms with Crippen molar-refractivity contribution >= 4 is 0 Å². The number of hydrogen-bond acceptors (Lipinski definition) is 1. The first kappa shape index (κ1) is 14.5. The van der Waals surface area contributed by atoms with Crippen LogP contribution in [0.15, 0.2) is 54.9 Å². The first-order chi connectivity index (χ1) is 10.6. The lowest BCUT2D eigenvalue weighted by atomic mass is 9.92. The lowest BCUT2D eigenvalue weighted by Gasteiger charge is -2.13. The molecule has 0 aliphatic rings. The Bertz CT molecular complexity index is 724. The van der Waals surface area contributed by atoms with Crippen LogP contribution in [0.5, 0.6) is 0 Å². The summed E-state index contributed by atoms with van der Waals surface area (Å²) < 4.78 is 0. The van der Waals surface area contributed by atoms with Crippen LogP contribution in [0.4, 0.5) is 0 Å². The van der Waals surface area contributed by atoms with Gasteiger partial charge in [-0.2, -0.15) is 0 Å². The monoisotopic (exact) mass is 287 g/mol. The highest BCUT2D eigenvalue weighted by Crippen LogP contribution is 2.32. The first-order valence-electron chi connectivity index (χ1n) is 7.66. The van der Waals surface area contributed by atoms with Gasteiger partial charge in [-0.15, -0.1) is 0 Å². The van der Waals surface area contributed by atoms with E-state index in [-0.39, 0.29) is 0 Å². The minimum absolute atomic E-state index is 1.19. The van der Waals surface area contributed by atoms with Crippen molar-refractivity contribution in [2.75, 3.05) is 0 Å². The Labute approximate surface area is 132 Å². The molecular weight excluding hydrogens is 266 g/mol. The molecule has 110 valence electrons. The fourth-order valence-corrected chi connectivity index (χ4v) is 3.25. The summed E-state index contributed by atoms with van der Waals surface area (Å²) in [4.78, 5) is 4.50. The summed E-state index contributed by atoms with van der Waals surface area (Å²) in [6, 6.07) is 15.1. The zero-order valence-corrected chi connectivity index (χ0v) is 13.6. The molecule has 0 aliphatic heterocycles. The second kappa shape index (κ2) is 5.76. The van der Waals surface area contributed by atoms with Gasteiger partial charge in [-0.3, -0.25) is 4.98 Å². The molecule has 0 saturated carbocycles. The molecule has 0 N–H and O–H groups in total. The Hall–Kier alpha value is -2.41. The quantitative estimate of drug-likeness (QED) is 0.593. The van der Waals surface area contributed by atoms with E-state index < -0.39 is 0 Å². The standard InChI is InChI=1S/C21H21N/c1-14-7-5-8-15(2)20(14)18-11-19(13-22-12-18)21-16(3)9-6-10-17(21)4/h5-13H,1-4H3. The number of aromatic nitrogens is 1. The predicted octanol–water partition coefficient (Wildman–Crippen LogP) is 5.65. The Morgan fingerprint density at radius 1 is 0.591 bits per heavy atom. The molecular formula is C21H21N. The average molecular weight is 287 g/mol. The highest BCUT2D eigenvalue weighted by atomic mass is 14.6. The van der Waals surface area contributed by atoms with E-state index in [9.17, 15) is 0 Å². The Balaban J connectivity index is 2.19. The third kappa shape index (κ3) is 2.55. The number of pyridine rings is 1. The normalized spacial score (nSPS) is 10.7. The molecule has 0 aliphatic carbocycles. The summed E-state index contributed by atoms with van der Waals surface area (Å²) >= 11 is 0. The lowest BCUT2D eigenvalue weighted by Crippen LogP contribution is -1.92. The molecule has 3 rings (SSSR count). The third-order valence-electron chi connectivity index (χ3n) is 4.28. The zero-order valence-electron chi connectivity index (χ0n) is 13.6. The summed E-state index contributed by atoms with van der Waals surface area (Å²) in [7, 11) is 0. The smallest absolute Gasteiger partial charge is 0.0347 e. The van der Waals surface area contributed by atoms with E-state index in [1.807, 2.05) is 12.4 Å². The first-order valence-corrected chi connectivity index (χ1v) is 7.66. The average Bonchev–Trinajstić information content (AvgIpc) is 2.47. The molecule has 0 saturated heterocycles. The molecule has 0 spiro atoms. The molecule has 0 unspecified atom stereocenters. The van der Waals surface area contributed by atoms with Crippen LogP contribution >= 0.6 is 0 Å². The summed E-state index contributed by atoms with van der Waals surface area (Å²) in [6.45, 7) is 8.64. The van der Waals surface area contributed by atoms with Gasteiger partial charge >= 0.3 is 0 Å². The second-order valence-electron chi connectivity index (χ2n) is 6.00. The predicted molar refractivity (Wildman–Crippen MR) is 94.1 cm³/mol. The molecule has 2 aromatic carbocycles. The van der Waals surface area contributed by atoms with Crippen LogP contribution in [-0.2, 0) is 0 Å². The van der Waals surface area contributed by atoms with Crippen molar-refractivity contribution in [2.24, 2.45) is 0 Å². The SMILES string of the molecule is Cc1cccc(C)c1-c1cncc(-c2c(C)cccc2C)c1. The van der Waals surface area contributed by atoms with Crippen LogP contribution in [0, 0.1) is 27.7 Å². The number of nitrogens with zero attached hydrogens (tertiary/aromatic N) is 1. The number of hydrogen-bond donors (Lipinski definition) is 0. The third-order valence-corrected chi connectivity index (χ3v) is 4.28. The van der Waals surface area contributed by atoms with E-state index in [1.165, 1.54) is 44.5 Å². The molecule has 1 nitrogen and oxygen atoms in total. The molecule has 1 aromatic heterocycles. The largest absolute Gasteiger partial charge is 0.263 e. The van der Waals surface area contributed by atoms with Gasteiger partial charge in [0, 0.05) is 23.5 Å².